The van der Waals surface area contributed by atoms with E-state index in [1.807, 2.05) is 0 Å². The lowest BCUT2D eigenvalue weighted by molar-refractivity contribution is 0.0906. The Labute approximate surface area is 107 Å². The van der Waals surface area contributed by atoms with Gasteiger partial charge >= 0.3 is 0 Å². The average molecular weight is 251 g/mol. The molecular weight excluding hydrogens is 230 g/mol. The van der Waals surface area contributed by atoms with Gasteiger partial charge in [0.25, 0.3) is 5.91 Å². The number of nitrogens with zero attached hydrogens (tertiary/aromatic N) is 1. The van der Waals surface area contributed by atoms with Crippen LogP contribution in [0.2, 0.25) is 0 Å². The zero-order chi connectivity index (χ0) is 13.1. The zero-order valence-corrected chi connectivity index (χ0v) is 11.0. The summed E-state index contributed by atoms with van der Waals surface area (Å²) in [6.45, 7) is 4.18. The Hall–Kier alpha value is -1.36. The van der Waals surface area contributed by atoms with Crippen LogP contribution in [-0.4, -0.2) is 23.7 Å². The molecule has 2 rings (SSSR count). The lowest BCUT2D eigenvalue weighted by Crippen LogP contribution is -2.44. The van der Waals surface area contributed by atoms with E-state index in [2.05, 4.69) is 10.5 Å². The van der Waals surface area contributed by atoms with Crippen molar-refractivity contribution in [1.82, 2.24) is 10.5 Å². The average Bonchev–Trinajstić information content (AvgIpc) is 2.69. The Kier molecular flexibility index (Phi) is 4.01. The van der Waals surface area contributed by atoms with Crippen LogP contribution in [0.15, 0.2) is 4.52 Å². The molecule has 5 nitrogen and oxygen atoms in total. The lowest BCUT2D eigenvalue weighted by Gasteiger charge is -2.31. The highest BCUT2D eigenvalue weighted by molar-refractivity contribution is 5.96. The highest BCUT2D eigenvalue weighted by Gasteiger charge is 2.27. The molecule has 2 unspecified atom stereocenters. The molecule has 1 aliphatic rings. The minimum Gasteiger partial charge on any atom is -0.361 e. The fourth-order valence-corrected chi connectivity index (χ4v) is 2.73. The van der Waals surface area contributed by atoms with Gasteiger partial charge in [0.05, 0.1) is 5.69 Å². The minimum absolute atomic E-state index is 0.0865. The van der Waals surface area contributed by atoms with Gasteiger partial charge in [-0.2, -0.15) is 0 Å². The van der Waals surface area contributed by atoms with E-state index in [0.717, 1.165) is 19.3 Å². The maximum absolute atomic E-state index is 12.2. The number of aryl methyl sites for hydroxylation is 2. The molecule has 3 N–H and O–H groups in total. The van der Waals surface area contributed by atoms with Crippen molar-refractivity contribution >= 4 is 5.91 Å². The molecule has 1 amide bonds. The van der Waals surface area contributed by atoms with Crippen molar-refractivity contribution < 1.29 is 9.32 Å². The highest BCUT2D eigenvalue weighted by Crippen LogP contribution is 2.24. The summed E-state index contributed by atoms with van der Waals surface area (Å²) in [5.41, 5.74) is 6.98. The Bertz CT molecular complexity index is 408. The van der Waals surface area contributed by atoms with Gasteiger partial charge in [0.2, 0.25) is 0 Å². The number of nitrogens with two attached hydrogens (primary N) is 1. The van der Waals surface area contributed by atoms with Crippen molar-refractivity contribution in [3.05, 3.63) is 17.0 Å². The summed E-state index contributed by atoms with van der Waals surface area (Å²) in [6, 6.07) is 0.185. The summed E-state index contributed by atoms with van der Waals surface area (Å²) < 4.78 is 5.02. The van der Waals surface area contributed by atoms with Gasteiger partial charge in [0, 0.05) is 6.04 Å². The van der Waals surface area contributed by atoms with Crippen molar-refractivity contribution in [3.63, 3.8) is 0 Å². The molecule has 0 aromatic carbocycles. The SMILES string of the molecule is Cc1noc(C)c1C(=O)NC1CCCCC1CN. The fourth-order valence-electron chi connectivity index (χ4n) is 2.73. The maximum Gasteiger partial charge on any atom is 0.257 e. The Morgan fingerprint density at radius 2 is 2.17 bits per heavy atom. The summed E-state index contributed by atoms with van der Waals surface area (Å²) in [6.07, 6.45) is 4.47. The number of hydrogen-bond acceptors (Lipinski definition) is 4. The van der Waals surface area contributed by atoms with Crippen LogP contribution in [0.4, 0.5) is 0 Å². The number of carbonyl (C=O) groups excluding carboxylic acids is 1. The summed E-state index contributed by atoms with van der Waals surface area (Å²) in [5, 5.41) is 6.89. The molecule has 0 spiro atoms. The Morgan fingerprint density at radius 1 is 1.44 bits per heavy atom. The first-order chi connectivity index (χ1) is 8.63. The third-order valence-electron chi connectivity index (χ3n) is 3.79. The van der Waals surface area contributed by atoms with Crippen molar-refractivity contribution in [3.8, 4) is 0 Å². The van der Waals surface area contributed by atoms with Gasteiger partial charge in [0.1, 0.15) is 11.3 Å². The molecular formula is C13H21N3O2. The third kappa shape index (κ3) is 2.56. The molecule has 1 heterocycles. The lowest BCUT2D eigenvalue weighted by atomic mass is 9.84. The monoisotopic (exact) mass is 251 g/mol. The van der Waals surface area contributed by atoms with Crippen LogP contribution in [0.25, 0.3) is 0 Å². The van der Waals surface area contributed by atoms with E-state index in [-0.39, 0.29) is 11.9 Å². The number of rotatable bonds is 3. The molecule has 0 radical (unpaired) electrons. The third-order valence-corrected chi connectivity index (χ3v) is 3.79. The number of nitrogens with one attached hydrogen (secondary N) is 1. The van der Waals surface area contributed by atoms with Gasteiger partial charge in [-0.3, -0.25) is 4.79 Å². The summed E-state index contributed by atoms with van der Waals surface area (Å²) >= 11 is 0. The molecule has 1 aliphatic carbocycles. The molecule has 0 aliphatic heterocycles. The van der Waals surface area contributed by atoms with Gasteiger partial charge < -0.3 is 15.6 Å². The van der Waals surface area contributed by atoms with Crippen molar-refractivity contribution in [2.24, 2.45) is 11.7 Å². The van der Waals surface area contributed by atoms with Gasteiger partial charge in [-0.1, -0.05) is 18.0 Å². The van der Waals surface area contributed by atoms with E-state index < -0.39 is 0 Å². The van der Waals surface area contributed by atoms with E-state index in [4.69, 9.17) is 10.3 Å². The van der Waals surface area contributed by atoms with E-state index in [9.17, 15) is 4.79 Å². The Morgan fingerprint density at radius 3 is 2.78 bits per heavy atom. The molecule has 0 saturated heterocycles. The first kappa shape index (κ1) is 13.1. The van der Waals surface area contributed by atoms with Crippen molar-refractivity contribution in [1.29, 1.82) is 0 Å². The second kappa shape index (κ2) is 5.52. The molecule has 1 aromatic heterocycles. The first-order valence-electron chi connectivity index (χ1n) is 6.57. The molecule has 0 bridgehead atoms. The van der Waals surface area contributed by atoms with Crippen molar-refractivity contribution in [2.75, 3.05) is 6.54 Å². The van der Waals surface area contributed by atoms with Crippen LogP contribution in [-0.2, 0) is 0 Å². The minimum atomic E-state index is -0.0865. The predicted molar refractivity (Wildman–Crippen MR) is 68.2 cm³/mol. The quantitative estimate of drug-likeness (QED) is 0.853. The van der Waals surface area contributed by atoms with Crippen LogP contribution in [0, 0.1) is 19.8 Å². The maximum atomic E-state index is 12.2. The van der Waals surface area contributed by atoms with E-state index in [1.165, 1.54) is 6.42 Å². The van der Waals surface area contributed by atoms with E-state index >= 15 is 0 Å². The smallest absolute Gasteiger partial charge is 0.257 e. The normalized spacial score (nSPS) is 23.9. The second-order valence-electron chi connectivity index (χ2n) is 5.06. The van der Waals surface area contributed by atoms with E-state index in [1.54, 1.807) is 13.8 Å². The summed E-state index contributed by atoms with van der Waals surface area (Å²) in [4.78, 5) is 12.2. The highest BCUT2D eigenvalue weighted by atomic mass is 16.5. The van der Waals surface area contributed by atoms with Crippen LogP contribution < -0.4 is 11.1 Å². The number of aromatic nitrogens is 1. The standard InChI is InChI=1S/C13H21N3O2/c1-8-12(9(2)18-16-8)13(17)15-11-6-4-3-5-10(11)7-14/h10-11H,3-7,14H2,1-2H3,(H,15,17). The fraction of sp³-hybridized carbons (Fsp3) is 0.692. The van der Waals surface area contributed by atoms with Gasteiger partial charge in [-0.05, 0) is 39.2 Å². The molecule has 1 fully saturated rings. The number of carbonyl (C=O) groups is 1. The van der Waals surface area contributed by atoms with Crippen molar-refractivity contribution in [2.45, 2.75) is 45.6 Å². The van der Waals surface area contributed by atoms with Gasteiger partial charge in [0.15, 0.2) is 0 Å². The van der Waals surface area contributed by atoms with Gasteiger partial charge in [-0.25, -0.2) is 0 Å². The molecule has 100 valence electrons. The van der Waals surface area contributed by atoms with E-state index in [0.29, 0.717) is 29.5 Å². The van der Waals surface area contributed by atoms with Crippen LogP contribution in [0.5, 0.6) is 0 Å². The van der Waals surface area contributed by atoms with Crippen LogP contribution in [0.1, 0.15) is 47.5 Å². The largest absolute Gasteiger partial charge is 0.361 e. The second-order valence-corrected chi connectivity index (χ2v) is 5.06. The molecule has 18 heavy (non-hydrogen) atoms. The first-order valence-corrected chi connectivity index (χ1v) is 6.57. The number of hydrogen-bond donors (Lipinski definition) is 2. The number of amides is 1. The summed E-state index contributed by atoms with van der Waals surface area (Å²) in [5.74, 6) is 0.880. The molecule has 1 aromatic rings. The predicted octanol–water partition coefficient (Wildman–Crippen LogP) is 1.54. The topological polar surface area (TPSA) is 81.2 Å². The zero-order valence-electron chi connectivity index (χ0n) is 11.0. The summed E-state index contributed by atoms with van der Waals surface area (Å²) in [7, 11) is 0. The van der Waals surface area contributed by atoms with Crippen LogP contribution in [0.3, 0.4) is 0 Å². The molecule has 1 saturated carbocycles. The Balaban J connectivity index is 2.06. The molecule has 2 atom stereocenters. The molecule has 5 heteroatoms. The van der Waals surface area contributed by atoms with Gasteiger partial charge in [-0.15, -0.1) is 0 Å². The van der Waals surface area contributed by atoms with Crippen LogP contribution >= 0.6 is 0 Å².